The van der Waals surface area contributed by atoms with Crippen LogP contribution in [0.5, 0.6) is 5.75 Å². The molecule has 0 fully saturated rings. The molecule has 0 saturated heterocycles. The molecule has 2 amide bonds. The molecule has 2 aromatic carbocycles. The fourth-order valence-electron chi connectivity index (χ4n) is 2.55. The minimum atomic E-state index is -0.775. The molecule has 0 aliphatic carbocycles. The number of ether oxygens (including phenoxy) is 1. The number of carbonyl (C=O) groups excluding carboxylic acids is 2. The van der Waals surface area contributed by atoms with Crippen molar-refractivity contribution in [2.45, 2.75) is 26.4 Å². The molecule has 1 atom stereocenters. The van der Waals surface area contributed by atoms with Crippen molar-refractivity contribution in [1.82, 2.24) is 4.90 Å². The van der Waals surface area contributed by atoms with Gasteiger partial charge in [-0.3, -0.25) is 9.59 Å². The minimum Gasteiger partial charge on any atom is -0.481 e. The van der Waals surface area contributed by atoms with Gasteiger partial charge in [-0.15, -0.1) is 0 Å². The summed E-state index contributed by atoms with van der Waals surface area (Å²) in [5.41, 5.74) is 1.79. The highest BCUT2D eigenvalue weighted by Crippen LogP contribution is 2.27. The number of rotatable bonds is 7. The molecule has 0 aromatic heterocycles. The Balaban J connectivity index is 1.93. The van der Waals surface area contributed by atoms with Crippen LogP contribution in [0.4, 0.5) is 5.69 Å². The first-order valence-electron chi connectivity index (χ1n) is 8.56. The van der Waals surface area contributed by atoms with Gasteiger partial charge in [0.2, 0.25) is 5.91 Å². The standard InChI is InChI=1S/C20H22Cl2N2O3/c1-4-14-7-5-6-8-18(14)23-19(25)12-24(3)20(26)13(2)27-15-9-10-16(21)17(22)11-15/h5-11,13H,4,12H2,1-3H3,(H,23,25). The van der Waals surface area contributed by atoms with Crippen LogP contribution < -0.4 is 10.1 Å². The van der Waals surface area contributed by atoms with Crippen LogP contribution in [0.2, 0.25) is 10.0 Å². The van der Waals surface area contributed by atoms with Gasteiger partial charge in [0, 0.05) is 18.8 Å². The molecule has 7 heteroatoms. The Morgan fingerprint density at radius 1 is 1.15 bits per heavy atom. The van der Waals surface area contributed by atoms with Crippen LogP contribution in [-0.2, 0) is 16.0 Å². The molecule has 2 rings (SSSR count). The first kappa shape index (κ1) is 21.1. The van der Waals surface area contributed by atoms with E-state index in [4.69, 9.17) is 27.9 Å². The number of nitrogens with one attached hydrogen (secondary N) is 1. The van der Waals surface area contributed by atoms with Gasteiger partial charge < -0.3 is 15.0 Å². The average Bonchev–Trinajstić information content (AvgIpc) is 2.64. The zero-order valence-corrected chi connectivity index (χ0v) is 17.0. The second-order valence-electron chi connectivity index (χ2n) is 6.09. The van der Waals surface area contributed by atoms with Crippen molar-refractivity contribution >= 4 is 40.7 Å². The maximum absolute atomic E-state index is 12.5. The lowest BCUT2D eigenvalue weighted by Gasteiger charge is -2.22. The molecule has 27 heavy (non-hydrogen) atoms. The number of benzene rings is 2. The maximum atomic E-state index is 12.5. The summed E-state index contributed by atoms with van der Waals surface area (Å²) in [7, 11) is 1.56. The molecule has 2 aromatic rings. The lowest BCUT2D eigenvalue weighted by atomic mass is 10.1. The second-order valence-corrected chi connectivity index (χ2v) is 6.90. The van der Waals surface area contributed by atoms with Crippen LogP contribution >= 0.6 is 23.2 Å². The maximum Gasteiger partial charge on any atom is 0.263 e. The molecular formula is C20H22Cl2N2O3. The number of aryl methyl sites for hydroxylation is 1. The van der Waals surface area contributed by atoms with Crippen molar-refractivity contribution in [3.63, 3.8) is 0 Å². The van der Waals surface area contributed by atoms with Gasteiger partial charge in [0.15, 0.2) is 6.10 Å². The van der Waals surface area contributed by atoms with E-state index in [1.807, 2.05) is 31.2 Å². The van der Waals surface area contributed by atoms with Gasteiger partial charge in [-0.2, -0.15) is 0 Å². The normalized spacial score (nSPS) is 11.6. The summed E-state index contributed by atoms with van der Waals surface area (Å²) in [6.07, 6.45) is 0.0303. The van der Waals surface area contributed by atoms with Gasteiger partial charge >= 0.3 is 0 Å². The highest BCUT2D eigenvalue weighted by Gasteiger charge is 2.21. The van der Waals surface area contributed by atoms with Crippen molar-refractivity contribution in [3.05, 3.63) is 58.1 Å². The highest BCUT2D eigenvalue weighted by molar-refractivity contribution is 6.42. The molecule has 0 aliphatic rings. The van der Waals surface area contributed by atoms with E-state index < -0.39 is 6.10 Å². The minimum absolute atomic E-state index is 0.0774. The first-order chi connectivity index (χ1) is 12.8. The van der Waals surface area contributed by atoms with E-state index in [9.17, 15) is 9.59 Å². The fourth-order valence-corrected chi connectivity index (χ4v) is 2.84. The van der Waals surface area contributed by atoms with E-state index in [2.05, 4.69) is 5.32 Å². The Labute approximate surface area is 169 Å². The van der Waals surface area contributed by atoms with Gasteiger partial charge in [-0.1, -0.05) is 48.3 Å². The topological polar surface area (TPSA) is 58.6 Å². The molecule has 1 unspecified atom stereocenters. The fraction of sp³-hybridized carbons (Fsp3) is 0.300. The molecule has 144 valence electrons. The monoisotopic (exact) mass is 408 g/mol. The number of amides is 2. The van der Waals surface area contributed by atoms with Crippen molar-refractivity contribution in [2.24, 2.45) is 0 Å². The number of anilines is 1. The van der Waals surface area contributed by atoms with E-state index in [1.54, 1.807) is 32.2 Å². The number of halogens is 2. The summed E-state index contributed by atoms with van der Waals surface area (Å²) < 4.78 is 5.60. The third-order valence-corrected chi connectivity index (χ3v) is 4.72. The predicted octanol–water partition coefficient (Wildman–Crippen LogP) is 4.42. The van der Waals surface area contributed by atoms with Crippen LogP contribution in [0.3, 0.4) is 0 Å². The van der Waals surface area contributed by atoms with Gasteiger partial charge in [-0.25, -0.2) is 0 Å². The van der Waals surface area contributed by atoms with Crippen molar-refractivity contribution < 1.29 is 14.3 Å². The Hall–Kier alpha value is -2.24. The molecule has 0 bridgehead atoms. The Morgan fingerprint density at radius 3 is 2.52 bits per heavy atom. The van der Waals surface area contributed by atoms with Crippen LogP contribution in [0.1, 0.15) is 19.4 Å². The van der Waals surface area contributed by atoms with E-state index >= 15 is 0 Å². The number of hydrogen-bond donors (Lipinski definition) is 1. The summed E-state index contributed by atoms with van der Waals surface area (Å²) in [6.45, 7) is 3.56. The number of nitrogens with zero attached hydrogens (tertiary/aromatic N) is 1. The lowest BCUT2D eigenvalue weighted by molar-refractivity contribution is -0.139. The summed E-state index contributed by atoms with van der Waals surface area (Å²) in [4.78, 5) is 26.1. The largest absolute Gasteiger partial charge is 0.481 e. The quantitative estimate of drug-likeness (QED) is 0.737. The third-order valence-electron chi connectivity index (χ3n) is 3.98. The number of hydrogen-bond acceptors (Lipinski definition) is 3. The highest BCUT2D eigenvalue weighted by atomic mass is 35.5. The molecule has 0 radical (unpaired) electrons. The molecule has 0 spiro atoms. The van der Waals surface area contributed by atoms with E-state index in [1.165, 1.54) is 4.90 Å². The Kier molecular flexibility index (Phi) is 7.51. The molecule has 1 N–H and O–H groups in total. The van der Waals surface area contributed by atoms with E-state index in [-0.39, 0.29) is 18.4 Å². The Morgan fingerprint density at radius 2 is 1.85 bits per heavy atom. The van der Waals surface area contributed by atoms with Gasteiger partial charge in [0.25, 0.3) is 5.91 Å². The zero-order valence-electron chi connectivity index (χ0n) is 15.5. The first-order valence-corrected chi connectivity index (χ1v) is 9.31. The van der Waals surface area contributed by atoms with Crippen LogP contribution in [0.15, 0.2) is 42.5 Å². The SMILES string of the molecule is CCc1ccccc1NC(=O)CN(C)C(=O)C(C)Oc1ccc(Cl)c(Cl)c1. The molecule has 0 saturated carbocycles. The Bertz CT molecular complexity index is 827. The van der Waals surface area contributed by atoms with Crippen molar-refractivity contribution in [1.29, 1.82) is 0 Å². The zero-order chi connectivity index (χ0) is 20.0. The van der Waals surface area contributed by atoms with Gasteiger partial charge in [-0.05, 0) is 37.1 Å². The van der Waals surface area contributed by atoms with Crippen LogP contribution in [-0.4, -0.2) is 36.4 Å². The number of carbonyl (C=O) groups is 2. The van der Waals surface area contributed by atoms with Crippen LogP contribution in [0.25, 0.3) is 0 Å². The smallest absolute Gasteiger partial charge is 0.263 e. The van der Waals surface area contributed by atoms with E-state index in [0.717, 1.165) is 17.7 Å². The van der Waals surface area contributed by atoms with Gasteiger partial charge in [0.05, 0.1) is 16.6 Å². The van der Waals surface area contributed by atoms with Crippen LogP contribution in [0, 0.1) is 0 Å². The summed E-state index contributed by atoms with van der Waals surface area (Å²) in [5, 5.41) is 3.59. The third kappa shape index (κ3) is 5.88. The van der Waals surface area contributed by atoms with E-state index in [0.29, 0.717) is 15.8 Å². The molecule has 0 aliphatic heterocycles. The summed E-state index contributed by atoms with van der Waals surface area (Å²) in [5.74, 6) is -0.159. The molecular weight excluding hydrogens is 387 g/mol. The van der Waals surface area contributed by atoms with Crippen molar-refractivity contribution in [2.75, 3.05) is 18.9 Å². The second kappa shape index (κ2) is 9.62. The summed E-state index contributed by atoms with van der Waals surface area (Å²) in [6, 6.07) is 12.3. The molecule has 5 nitrogen and oxygen atoms in total. The number of likely N-dealkylation sites (N-methyl/N-ethyl adjacent to an activating group) is 1. The average molecular weight is 409 g/mol. The van der Waals surface area contributed by atoms with Crippen molar-refractivity contribution in [3.8, 4) is 5.75 Å². The number of para-hydroxylation sites is 1. The van der Waals surface area contributed by atoms with Gasteiger partial charge in [0.1, 0.15) is 5.75 Å². The predicted molar refractivity (Wildman–Crippen MR) is 109 cm³/mol. The lowest BCUT2D eigenvalue weighted by Crippen LogP contribution is -2.42. The molecule has 0 heterocycles. The summed E-state index contributed by atoms with van der Waals surface area (Å²) >= 11 is 11.8.